The quantitative estimate of drug-likeness (QED) is 0.702. The summed E-state index contributed by atoms with van der Waals surface area (Å²) in [5.74, 6) is 0.342. The molecule has 0 amide bonds. The maximum absolute atomic E-state index is 12.7. The lowest BCUT2D eigenvalue weighted by Gasteiger charge is -2.36. The molecule has 7 nitrogen and oxygen atoms in total. The molecular weight excluding hydrogens is 368 g/mol. The standard InChI is InChI=1S/C19H24N2O5S/c1-15(17-8-9-18(26-17)19(22)25-2)20-10-12-21(13-11-20)27(23,24)14-16-6-4-3-5-7-16/h3-9,15H,10-14H2,1-2H3/t15-/m1/s1. The van der Waals surface area contributed by atoms with Crippen molar-refractivity contribution in [2.75, 3.05) is 33.3 Å². The zero-order valence-electron chi connectivity index (χ0n) is 15.5. The molecule has 27 heavy (non-hydrogen) atoms. The molecule has 2 heterocycles. The first kappa shape index (κ1) is 19.6. The summed E-state index contributed by atoms with van der Waals surface area (Å²) in [6.07, 6.45) is 0. The van der Waals surface area contributed by atoms with Crippen molar-refractivity contribution in [3.63, 3.8) is 0 Å². The van der Waals surface area contributed by atoms with E-state index in [1.54, 1.807) is 16.4 Å². The molecule has 8 heteroatoms. The number of ether oxygens (including phenoxy) is 1. The molecule has 0 saturated carbocycles. The Labute approximate surface area is 159 Å². The van der Waals surface area contributed by atoms with Gasteiger partial charge in [-0.3, -0.25) is 4.90 Å². The number of carbonyl (C=O) groups is 1. The van der Waals surface area contributed by atoms with E-state index in [9.17, 15) is 13.2 Å². The third-order valence-corrected chi connectivity index (χ3v) is 6.68. The van der Waals surface area contributed by atoms with Crippen LogP contribution < -0.4 is 0 Å². The van der Waals surface area contributed by atoms with Crippen molar-refractivity contribution >= 4 is 16.0 Å². The Morgan fingerprint density at radius 3 is 2.41 bits per heavy atom. The highest BCUT2D eigenvalue weighted by atomic mass is 32.2. The Hall–Kier alpha value is -2.16. The van der Waals surface area contributed by atoms with E-state index >= 15 is 0 Å². The smallest absolute Gasteiger partial charge is 0.373 e. The maximum atomic E-state index is 12.7. The molecule has 1 fully saturated rings. The molecule has 1 atom stereocenters. The molecule has 146 valence electrons. The molecule has 1 aliphatic rings. The largest absolute Gasteiger partial charge is 0.463 e. The van der Waals surface area contributed by atoms with Crippen LogP contribution in [0, 0.1) is 0 Å². The van der Waals surface area contributed by atoms with Crippen molar-refractivity contribution in [3.8, 4) is 0 Å². The van der Waals surface area contributed by atoms with Crippen LogP contribution in [-0.4, -0.2) is 56.9 Å². The highest BCUT2D eigenvalue weighted by Crippen LogP contribution is 2.25. The number of rotatable bonds is 6. The predicted molar refractivity (Wildman–Crippen MR) is 101 cm³/mol. The topological polar surface area (TPSA) is 80.1 Å². The normalized spacial score (nSPS) is 17.6. The average molecular weight is 392 g/mol. The van der Waals surface area contributed by atoms with Crippen molar-refractivity contribution in [2.45, 2.75) is 18.7 Å². The molecule has 0 bridgehead atoms. The number of carbonyl (C=O) groups excluding carboxylic acids is 1. The van der Waals surface area contributed by atoms with Crippen molar-refractivity contribution in [2.24, 2.45) is 0 Å². The summed E-state index contributed by atoms with van der Waals surface area (Å²) in [7, 11) is -2.03. The highest BCUT2D eigenvalue weighted by Gasteiger charge is 2.30. The van der Waals surface area contributed by atoms with Gasteiger partial charge in [0.2, 0.25) is 15.8 Å². The van der Waals surface area contributed by atoms with Gasteiger partial charge in [0.05, 0.1) is 18.9 Å². The minimum absolute atomic E-state index is 0.0179. The fraction of sp³-hybridized carbons (Fsp3) is 0.421. The van der Waals surface area contributed by atoms with Crippen LogP contribution in [0.2, 0.25) is 0 Å². The molecule has 3 rings (SSSR count). The second-order valence-corrected chi connectivity index (χ2v) is 8.52. The first-order valence-electron chi connectivity index (χ1n) is 8.84. The maximum Gasteiger partial charge on any atom is 0.373 e. The monoisotopic (exact) mass is 392 g/mol. The number of methoxy groups -OCH3 is 1. The SMILES string of the molecule is COC(=O)c1ccc([C@@H](C)N2CCN(S(=O)(=O)Cc3ccccc3)CC2)o1. The van der Waals surface area contributed by atoms with Gasteiger partial charge < -0.3 is 9.15 Å². The van der Waals surface area contributed by atoms with E-state index in [4.69, 9.17) is 4.42 Å². The van der Waals surface area contributed by atoms with Gasteiger partial charge in [0, 0.05) is 26.2 Å². The average Bonchev–Trinajstić information content (AvgIpc) is 3.17. The van der Waals surface area contributed by atoms with Crippen LogP contribution in [0.5, 0.6) is 0 Å². The summed E-state index contributed by atoms with van der Waals surface area (Å²) >= 11 is 0. The van der Waals surface area contributed by atoms with Crippen molar-refractivity contribution in [3.05, 3.63) is 59.5 Å². The summed E-state index contributed by atoms with van der Waals surface area (Å²) in [6, 6.07) is 12.5. The lowest BCUT2D eigenvalue weighted by Crippen LogP contribution is -2.49. The van der Waals surface area contributed by atoms with Crippen LogP contribution in [0.4, 0.5) is 0 Å². The van der Waals surface area contributed by atoms with E-state index in [0.717, 1.165) is 5.56 Å². The fourth-order valence-corrected chi connectivity index (χ4v) is 4.73. The predicted octanol–water partition coefficient (Wildman–Crippen LogP) is 2.27. The van der Waals surface area contributed by atoms with Crippen molar-refractivity contribution in [1.29, 1.82) is 0 Å². The molecule has 0 spiro atoms. The minimum Gasteiger partial charge on any atom is -0.463 e. The number of benzene rings is 1. The molecule has 1 saturated heterocycles. The summed E-state index contributed by atoms with van der Waals surface area (Å²) < 4.78 is 37.1. The van der Waals surface area contributed by atoms with Gasteiger partial charge in [-0.2, -0.15) is 4.31 Å². The number of hydrogen-bond donors (Lipinski definition) is 0. The Morgan fingerprint density at radius 2 is 1.78 bits per heavy atom. The first-order chi connectivity index (χ1) is 12.9. The van der Waals surface area contributed by atoms with E-state index in [-0.39, 0.29) is 17.6 Å². The molecule has 0 aliphatic carbocycles. The zero-order chi connectivity index (χ0) is 19.4. The Kier molecular flexibility index (Phi) is 5.98. The lowest BCUT2D eigenvalue weighted by molar-refractivity contribution is 0.0556. The van der Waals surface area contributed by atoms with Gasteiger partial charge in [0.1, 0.15) is 5.76 Å². The number of sulfonamides is 1. The third kappa shape index (κ3) is 4.58. The minimum atomic E-state index is -3.34. The van der Waals surface area contributed by atoms with Crippen LogP contribution in [0.15, 0.2) is 46.9 Å². The van der Waals surface area contributed by atoms with Crippen LogP contribution in [-0.2, 0) is 20.5 Å². The van der Waals surface area contributed by atoms with Gasteiger partial charge in [-0.1, -0.05) is 30.3 Å². The van der Waals surface area contributed by atoms with E-state index < -0.39 is 16.0 Å². The summed E-state index contributed by atoms with van der Waals surface area (Å²) in [6.45, 7) is 4.05. The Balaban J connectivity index is 1.59. The van der Waals surface area contributed by atoms with Gasteiger partial charge >= 0.3 is 5.97 Å². The summed E-state index contributed by atoms with van der Waals surface area (Å²) in [5, 5.41) is 0. The van der Waals surface area contributed by atoms with Gasteiger partial charge in [-0.25, -0.2) is 13.2 Å². The third-order valence-electron chi connectivity index (χ3n) is 4.83. The van der Waals surface area contributed by atoms with E-state index in [1.807, 2.05) is 37.3 Å². The van der Waals surface area contributed by atoms with Gasteiger partial charge in [-0.05, 0) is 24.6 Å². The molecule has 0 unspecified atom stereocenters. The number of hydrogen-bond acceptors (Lipinski definition) is 6. The van der Waals surface area contributed by atoms with Gasteiger partial charge in [0.15, 0.2) is 0 Å². The zero-order valence-corrected chi connectivity index (χ0v) is 16.3. The van der Waals surface area contributed by atoms with Crippen molar-refractivity contribution < 1.29 is 22.4 Å². The van der Waals surface area contributed by atoms with Crippen LogP contribution in [0.1, 0.15) is 34.8 Å². The highest BCUT2D eigenvalue weighted by molar-refractivity contribution is 7.88. The number of furan rings is 1. The van der Waals surface area contributed by atoms with Crippen LogP contribution in [0.25, 0.3) is 0 Å². The van der Waals surface area contributed by atoms with Gasteiger partial charge in [0.25, 0.3) is 0 Å². The number of esters is 1. The molecule has 1 aliphatic heterocycles. The van der Waals surface area contributed by atoms with Gasteiger partial charge in [-0.15, -0.1) is 0 Å². The second-order valence-electron chi connectivity index (χ2n) is 6.55. The molecule has 0 N–H and O–H groups in total. The molecular formula is C19H24N2O5S. The Morgan fingerprint density at radius 1 is 1.11 bits per heavy atom. The molecule has 1 aromatic carbocycles. The summed E-state index contributed by atoms with van der Waals surface area (Å²) in [4.78, 5) is 13.7. The fourth-order valence-electron chi connectivity index (χ4n) is 3.21. The molecule has 0 radical (unpaired) electrons. The van der Waals surface area contributed by atoms with Crippen molar-refractivity contribution in [1.82, 2.24) is 9.21 Å². The van der Waals surface area contributed by atoms with Crippen LogP contribution >= 0.6 is 0 Å². The van der Waals surface area contributed by atoms with E-state index in [1.165, 1.54) is 7.11 Å². The molecule has 1 aromatic heterocycles. The van der Waals surface area contributed by atoms with Crippen LogP contribution in [0.3, 0.4) is 0 Å². The number of nitrogens with zero attached hydrogens (tertiary/aromatic N) is 2. The van der Waals surface area contributed by atoms with E-state index in [0.29, 0.717) is 31.9 Å². The first-order valence-corrected chi connectivity index (χ1v) is 10.5. The van der Waals surface area contributed by atoms with E-state index in [2.05, 4.69) is 9.64 Å². The lowest BCUT2D eigenvalue weighted by atomic mass is 10.2. The number of piperazine rings is 1. The summed E-state index contributed by atoms with van der Waals surface area (Å²) in [5.41, 5.74) is 0.791. The molecule has 2 aromatic rings. The second kappa shape index (κ2) is 8.24. The Bertz CT molecular complexity index is 871.